The van der Waals surface area contributed by atoms with Crippen molar-refractivity contribution in [3.05, 3.63) is 128 Å². The second-order valence-corrected chi connectivity index (χ2v) is 12.3. The summed E-state index contributed by atoms with van der Waals surface area (Å²) in [5, 5.41) is 10.1. The van der Waals surface area contributed by atoms with E-state index in [1.807, 2.05) is 72.8 Å². The molecule has 0 aliphatic carbocycles. The Morgan fingerprint density at radius 3 is 1.30 bits per heavy atom. The monoisotopic (exact) mass is 684 g/mol. The molecule has 2 heterocycles. The van der Waals surface area contributed by atoms with Crippen LogP contribution >= 0.6 is 54.7 Å². The molecule has 0 aliphatic rings. The van der Waals surface area contributed by atoms with Gasteiger partial charge in [-0.25, -0.2) is 0 Å². The molecule has 0 bridgehead atoms. The summed E-state index contributed by atoms with van der Waals surface area (Å²) in [6.45, 7) is 0.267. The molecular weight excluding hydrogens is 665 g/mol. The van der Waals surface area contributed by atoms with E-state index in [9.17, 15) is 4.57 Å². The van der Waals surface area contributed by atoms with Gasteiger partial charge in [-0.05, 0) is 35.4 Å². The van der Waals surface area contributed by atoms with Crippen molar-refractivity contribution in [1.29, 1.82) is 0 Å². The Morgan fingerprint density at radius 2 is 0.909 bits per heavy atom. The van der Waals surface area contributed by atoms with Crippen molar-refractivity contribution in [3.8, 4) is 45.2 Å². The maximum absolute atomic E-state index is 12.4. The van der Waals surface area contributed by atoms with E-state index in [0.717, 1.165) is 33.4 Å². The van der Waals surface area contributed by atoms with Gasteiger partial charge in [0.15, 0.2) is 11.5 Å². The van der Waals surface area contributed by atoms with Gasteiger partial charge in [0.05, 0.1) is 33.3 Å². The topological polar surface area (TPSA) is 87.6 Å². The van der Waals surface area contributed by atoms with E-state index in [2.05, 4.69) is 10.3 Å². The largest absolute Gasteiger partial charge is 0.356 e. The smallest absolute Gasteiger partial charge is 0.319 e. The van der Waals surface area contributed by atoms with Crippen LogP contribution in [0.4, 0.5) is 0 Å². The van der Waals surface area contributed by atoms with E-state index < -0.39 is 8.25 Å². The van der Waals surface area contributed by atoms with E-state index in [0.29, 0.717) is 43.0 Å². The van der Waals surface area contributed by atoms with Crippen molar-refractivity contribution in [2.75, 3.05) is 0 Å². The molecule has 0 radical (unpaired) electrons. The van der Waals surface area contributed by atoms with E-state index in [4.69, 9.17) is 64.5 Å². The molecule has 2 aromatic heterocycles. The molecule has 0 unspecified atom stereocenters. The van der Waals surface area contributed by atoms with Crippen LogP contribution in [0.3, 0.4) is 0 Å². The molecule has 222 valence electrons. The molecule has 0 saturated carbocycles. The first-order chi connectivity index (χ1) is 21.3. The van der Waals surface area contributed by atoms with Gasteiger partial charge in [-0.3, -0.25) is 4.57 Å². The summed E-state index contributed by atoms with van der Waals surface area (Å²) in [5.41, 5.74) is 6.20. The van der Waals surface area contributed by atoms with Gasteiger partial charge in [-0.2, -0.15) is 0 Å². The summed E-state index contributed by atoms with van der Waals surface area (Å²) in [6, 6.07) is 29.1. The van der Waals surface area contributed by atoms with E-state index >= 15 is 0 Å². The Balaban J connectivity index is 0.987. The number of hydrogen-bond donors (Lipinski definition) is 0. The number of aromatic nitrogens is 2. The minimum Gasteiger partial charge on any atom is -0.356 e. The maximum Gasteiger partial charge on any atom is 0.319 e. The van der Waals surface area contributed by atoms with E-state index in [1.165, 1.54) is 0 Å². The molecule has 0 amide bonds. The van der Waals surface area contributed by atoms with Crippen LogP contribution in [-0.2, 0) is 26.8 Å². The first-order valence-corrected chi connectivity index (χ1v) is 15.9. The normalized spacial score (nSPS) is 11.4. The third-order valence-electron chi connectivity index (χ3n) is 6.64. The van der Waals surface area contributed by atoms with E-state index in [1.54, 1.807) is 24.3 Å². The third kappa shape index (κ3) is 7.28. The van der Waals surface area contributed by atoms with Crippen LogP contribution in [0, 0.1) is 0 Å². The van der Waals surface area contributed by atoms with E-state index in [-0.39, 0.29) is 13.2 Å². The number of nitrogens with zero attached hydrogens (tertiary/aromatic N) is 2. The van der Waals surface area contributed by atoms with Crippen LogP contribution in [-0.4, -0.2) is 10.3 Å². The van der Waals surface area contributed by atoms with Gasteiger partial charge in [0.1, 0.15) is 11.4 Å². The van der Waals surface area contributed by atoms with Crippen LogP contribution in [0.1, 0.15) is 11.1 Å². The Labute approximate surface area is 273 Å². The average Bonchev–Trinajstić information content (AvgIpc) is 3.74. The minimum absolute atomic E-state index is 0.134. The lowest BCUT2D eigenvalue weighted by Crippen LogP contribution is -1.90. The third-order valence-corrected chi connectivity index (χ3v) is 8.88. The van der Waals surface area contributed by atoms with Crippen molar-refractivity contribution < 1.29 is 22.7 Å². The molecule has 0 N–H and O–H groups in total. The lowest BCUT2D eigenvalue weighted by molar-refractivity contribution is 0.213. The minimum atomic E-state index is -2.72. The fourth-order valence-corrected chi connectivity index (χ4v) is 5.51. The number of halogens is 4. The molecule has 0 saturated heterocycles. The SMILES string of the molecule is O=[PH](OCc1ccc(-c2cc(-c3ccc(Cl)c(Cl)c3)no2)cc1)OCc1ccc(-c2cc(-c3ccc(Cl)c(Cl)c3)no2)cc1. The van der Waals surface area contributed by atoms with Gasteiger partial charge in [-0.15, -0.1) is 0 Å². The first-order valence-electron chi connectivity index (χ1n) is 13.1. The molecule has 6 aromatic rings. The average molecular weight is 686 g/mol. The van der Waals surface area contributed by atoms with Crippen molar-refractivity contribution in [1.82, 2.24) is 10.3 Å². The fraction of sp³-hybridized carbons (Fsp3) is 0.0625. The Kier molecular flexibility index (Phi) is 9.55. The molecule has 6 rings (SSSR count). The van der Waals surface area contributed by atoms with Crippen LogP contribution in [0.5, 0.6) is 0 Å². The summed E-state index contributed by atoms with van der Waals surface area (Å²) in [7, 11) is -2.72. The zero-order valence-corrected chi connectivity index (χ0v) is 26.6. The summed E-state index contributed by atoms with van der Waals surface area (Å²) in [4.78, 5) is 0. The zero-order valence-electron chi connectivity index (χ0n) is 22.6. The summed E-state index contributed by atoms with van der Waals surface area (Å²) < 4.78 is 34.3. The molecule has 4 aromatic carbocycles. The zero-order chi connectivity index (χ0) is 30.6. The second-order valence-electron chi connectivity index (χ2n) is 9.63. The molecule has 12 heteroatoms. The summed E-state index contributed by atoms with van der Waals surface area (Å²) in [6.07, 6.45) is 0. The lowest BCUT2D eigenvalue weighted by atomic mass is 10.1. The van der Waals surface area contributed by atoms with Gasteiger partial charge in [0.2, 0.25) is 0 Å². The number of hydrogen-bond acceptors (Lipinski definition) is 7. The van der Waals surface area contributed by atoms with Crippen LogP contribution < -0.4 is 0 Å². The molecular formula is C32H21Cl4N2O5P. The van der Waals surface area contributed by atoms with Gasteiger partial charge >= 0.3 is 8.25 Å². The van der Waals surface area contributed by atoms with Crippen molar-refractivity contribution in [2.24, 2.45) is 0 Å². The highest BCUT2D eigenvalue weighted by atomic mass is 35.5. The highest BCUT2D eigenvalue weighted by Crippen LogP contribution is 2.33. The van der Waals surface area contributed by atoms with Crippen molar-refractivity contribution in [3.63, 3.8) is 0 Å². The molecule has 44 heavy (non-hydrogen) atoms. The molecule has 7 nitrogen and oxygen atoms in total. The summed E-state index contributed by atoms with van der Waals surface area (Å²) in [5.74, 6) is 1.19. The Morgan fingerprint density at radius 1 is 0.523 bits per heavy atom. The number of rotatable bonds is 10. The molecule has 0 spiro atoms. The molecule has 0 fully saturated rings. The predicted molar refractivity (Wildman–Crippen MR) is 173 cm³/mol. The molecule has 0 atom stereocenters. The van der Waals surface area contributed by atoms with Gasteiger partial charge in [0.25, 0.3) is 0 Å². The van der Waals surface area contributed by atoms with Crippen molar-refractivity contribution in [2.45, 2.75) is 13.2 Å². The second kappa shape index (κ2) is 13.7. The van der Waals surface area contributed by atoms with Crippen molar-refractivity contribution >= 4 is 54.7 Å². The van der Waals surface area contributed by atoms with Crippen LogP contribution in [0.25, 0.3) is 45.2 Å². The Hall–Kier alpha value is -3.39. The highest BCUT2D eigenvalue weighted by Gasteiger charge is 2.12. The quantitative estimate of drug-likeness (QED) is 0.133. The highest BCUT2D eigenvalue weighted by molar-refractivity contribution is 7.33. The van der Waals surface area contributed by atoms with Gasteiger partial charge in [0, 0.05) is 34.4 Å². The standard InChI is InChI=1S/C32H21Cl4N2O5P/c33-25-11-9-23(13-27(25)35)29-15-31(42-37-29)21-5-1-19(2-6-21)17-40-44(39)41-18-20-3-7-22(8-4-20)32-16-30(38-43-32)24-10-12-26(34)28(36)14-24/h1-16,44H,17-18H2. The summed E-state index contributed by atoms with van der Waals surface area (Å²) >= 11 is 24.2. The Bertz CT molecular complexity index is 1800. The fourth-order valence-electron chi connectivity index (χ4n) is 4.26. The van der Waals surface area contributed by atoms with Gasteiger partial charge < -0.3 is 18.1 Å². The van der Waals surface area contributed by atoms with Crippen LogP contribution in [0.2, 0.25) is 20.1 Å². The van der Waals surface area contributed by atoms with Gasteiger partial charge in [-0.1, -0.05) is 117 Å². The van der Waals surface area contributed by atoms with Crippen LogP contribution in [0.15, 0.2) is 106 Å². The predicted octanol–water partition coefficient (Wildman–Crippen LogP) is 11.1. The first kappa shape index (κ1) is 30.6. The maximum atomic E-state index is 12.4. The molecule has 0 aliphatic heterocycles. The number of benzene rings is 4. The lowest BCUT2D eigenvalue weighted by Gasteiger charge is -2.07.